The lowest BCUT2D eigenvalue weighted by Gasteiger charge is -2.09. The van der Waals surface area contributed by atoms with Crippen molar-refractivity contribution in [3.05, 3.63) is 29.3 Å². The molecule has 4 nitrogen and oxygen atoms in total. The lowest BCUT2D eigenvalue weighted by Crippen LogP contribution is -2.26. The van der Waals surface area contributed by atoms with Gasteiger partial charge in [-0.25, -0.2) is 0 Å². The summed E-state index contributed by atoms with van der Waals surface area (Å²) in [6.45, 7) is 1.98. The number of nitrogens with two attached hydrogens (primary N) is 1. The van der Waals surface area contributed by atoms with Crippen LogP contribution in [0.15, 0.2) is 18.2 Å². The maximum Gasteiger partial charge on any atom is 0.136 e. The molecule has 0 amide bonds. The Bertz CT molecular complexity index is 469. The Labute approximate surface area is 110 Å². The molecule has 2 N–H and O–H groups in total. The van der Waals surface area contributed by atoms with Gasteiger partial charge in [0.25, 0.3) is 0 Å². The fraction of sp³-hybridized carbons (Fsp3) is 0.462. The average Bonchev–Trinajstić information content (AvgIpc) is 2.38. The van der Waals surface area contributed by atoms with Crippen molar-refractivity contribution in [1.29, 1.82) is 5.26 Å². The molecule has 0 aromatic heterocycles. The Balaban J connectivity index is 2.74. The molecule has 2 unspecified atom stereocenters. The quantitative estimate of drug-likeness (QED) is 0.847. The molecule has 0 radical (unpaired) electrons. The van der Waals surface area contributed by atoms with E-state index in [1.807, 2.05) is 13.0 Å². The fourth-order valence-electron chi connectivity index (χ4n) is 1.52. The molecule has 0 bridgehead atoms. The van der Waals surface area contributed by atoms with Gasteiger partial charge in [0.2, 0.25) is 0 Å². The van der Waals surface area contributed by atoms with Gasteiger partial charge in [0.1, 0.15) is 11.8 Å². The third-order valence-electron chi connectivity index (χ3n) is 2.64. The monoisotopic (exact) mass is 266 g/mol. The number of hydrogen-bond acceptors (Lipinski definition) is 4. The van der Waals surface area contributed by atoms with Crippen LogP contribution in [0.1, 0.15) is 24.5 Å². The minimum atomic E-state index is -0.983. The van der Waals surface area contributed by atoms with E-state index >= 15 is 0 Å². The Morgan fingerprint density at radius 1 is 1.56 bits per heavy atom. The number of rotatable bonds is 6. The first-order valence-electron chi connectivity index (χ1n) is 5.78. The second-order valence-electron chi connectivity index (χ2n) is 4.07. The lowest BCUT2D eigenvalue weighted by molar-refractivity contribution is 0.413. The summed E-state index contributed by atoms with van der Waals surface area (Å²) in [6.07, 6.45) is 0.822. The van der Waals surface area contributed by atoms with Crippen LogP contribution < -0.4 is 10.5 Å². The van der Waals surface area contributed by atoms with Crippen LogP contribution in [-0.4, -0.2) is 23.1 Å². The van der Waals surface area contributed by atoms with Crippen LogP contribution in [0.25, 0.3) is 0 Å². The van der Waals surface area contributed by atoms with Crippen molar-refractivity contribution in [2.45, 2.75) is 25.1 Å². The van der Waals surface area contributed by atoms with Crippen LogP contribution >= 0.6 is 0 Å². The summed E-state index contributed by atoms with van der Waals surface area (Å²) < 4.78 is 17.0. The van der Waals surface area contributed by atoms with Crippen LogP contribution in [0.4, 0.5) is 0 Å². The van der Waals surface area contributed by atoms with E-state index in [0.29, 0.717) is 22.8 Å². The first kappa shape index (κ1) is 14.7. The third kappa shape index (κ3) is 4.13. The normalized spacial score (nSPS) is 13.7. The molecule has 0 spiro atoms. The number of hydrogen-bond donors (Lipinski definition) is 1. The molecule has 1 aromatic carbocycles. The molecule has 18 heavy (non-hydrogen) atoms. The van der Waals surface area contributed by atoms with Crippen LogP contribution in [0.5, 0.6) is 5.75 Å². The van der Waals surface area contributed by atoms with Crippen molar-refractivity contribution in [1.82, 2.24) is 0 Å². The number of methoxy groups -OCH3 is 1. The molecule has 2 atom stereocenters. The molecule has 0 heterocycles. The van der Waals surface area contributed by atoms with Gasteiger partial charge in [0.05, 0.1) is 12.7 Å². The van der Waals surface area contributed by atoms with Gasteiger partial charge < -0.3 is 10.5 Å². The first-order chi connectivity index (χ1) is 8.60. The summed E-state index contributed by atoms with van der Waals surface area (Å²) in [5.74, 6) is 1.46. The predicted molar refractivity (Wildman–Crippen MR) is 72.7 cm³/mol. The van der Waals surface area contributed by atoms with Crippen molar-refractivity contribution in [2.24, 2.45) is 5.73 Å². The lowest BCUT2D eigenvalue weighted by atomic mass is 10.1. The van der Waals surface area contributed by atoms with E-state index in [1.165, 1.54) is 7.11 Å². The second-order valence-corrected chi connectivity index (χ2v) is 5.57. The van der Waals surface area contributed by atoms with Gasteiger partial charge >= 0.3 is 0 Å². The van der Waals surface area contributed by atoms with E-state index in [9.17, 15) is 4.21 Å². The highest BCUT2D eigenvalue weighted by molar-refractivity contribution is 7.84. The zero-order chi connectivity index (χ0) is 13.5. The van der Waals surface area contributed by atoms with Crippen LogP contribution in [0, 0.1) is 11.3 Å². The Kier molecular flexibility index (Phi) is 5.83. The Hall–Kier alpha value is -1.38. The number of nitriles is 1. The molecule has 0 saturated carbocycles. The summed E-state index contributed by atoms with van der Waals surface area (Å²) in [6, 6.07) is 7.27. The largest absolute Gasteiger partial charge is 0.495 e. The van der Waals surface area contributed by atoms with Gasteiger partial charge in [-0.15, -0.1) is 0 Å². The SMILES string of the molecule is CCC(N)CS(=O)Cc1ccc(C#N)c(OC)c1. The standard InChI is InChI=1S/C13H18N2O2S/c1-3-12(15)9-18(16)8-10-4-5-11(7-14)13(6-10)17-2/h4-6,12H,3,8-9,15H2,1-2H3. The topological polar surface area (TPSA) is 76.1 Å². The Morgan fingerprint density at radius 3 is 2.83 bits per heavy atom. The first-order valence-corrected chi connectivity index (χ1v) is 7.27. The zero-order valence-corrected chi connectivity index (χ0v) is 11.5. The molecular weight excluding hydrogens is 248 g/mol. The van der Waals surface area contributed by atoms with Crippen LogP contribution in [0.2, 0.25) is 0 Å². The van der Waals surface area contributed by atoms with Crippen LogP contribution in [0.3, 0.4) is 0 Å². The van der Waals surface area contributed by atoms with E-state index in [-0.39, 0.29) is 6.04 Å². The minimum absolute atomic E-state index is 0.0221. The van der Waals surface area contributed by atoms with Gasteiger partial charge in [-0.1, -0.05) is 13.0 Å². The van der Waals surface area contributed by atoms with Crippen molar-refractivity contribution in [2.75, 3.05) is 12.9 Å². The van der Waals surface area contributed by atoms with Crippen LogP contribution in [-0.2, 0) is 16.6 Å². The molecule has 0 saturated heterocycles. The number of benzene rings is 1. The van der Waals surface area contributed by atoms with E-state index in [0.717, 1.165) is 12.0 Å². The highest BCUT2D eigenvalue weighted by Crippen LogP contribution is 2.20. The maximum atomic E-state index is 11.9. The van der Waals surface area contributed by atoms with E-state index in [1.54, 1.807) is 18.2 Å². The third-order valence-corrected chi connectivity index (χ3v) is 4.09. The zero-order valence-electron chi connectivity index (χ0n) is 10.7. The summed E-state index contributed by atoms with van der Waals surface area (Å²) in [7, 11) is 0.535. The number of ether oxygens (including phenoxy) is 1. The summed E-state index contributed by atoms with van der Waals surface area (Å²) >= 11 is 0. The minimum Gasteiger partial charge on any atom is -0.495 e. The maximum absolute atomic E-state index is 11.9. The van der Waals surface area contributed by atoms with Gasteiger partial charge in [0, 0.05) is 28.3 Å². The molecule has 98 valence electrons. The number of nitrogens with zero attached hydrogens (tertiary/aromatic N) is 1. The van der Waals surface area contributed by atoms with Gasteiger partial charge in [-0.3, -0.25) is 4.21 Å². The van der Waals surface area contributed by atoms with E-state index in [4.69, 9.17) is 15.7 Å². The molecular formula is C13H18N2O2S. The van der Waals surface area contributed by atoms with E-state index in [2.05, 4.69) is 0 Å². The molecule has 0 aliphatic heterocycles. The predicted octanol–water partition coefficient (Wildman–Crippen LogP) is 1.55. The molecule has 1 rings (SSSR count). The fourth-order valence-corrected chi connectivity index (χ4v) is 2.90. The molecule has 0 fully saturated rings. The molecule has 1 aromatic rings. The van der Waals surface area contributed by atoms with Crippen molar-refractivity contribution in [3.8, 4) is 11.8 Å². The molecule has 0 aliphatic rings. The molecule has 5 heteroatoms. The van der Waals surface area contributed by atoms with Gasteiger partial charge in [0.15, 0.2) is 0 Å². The Morgan fingerprint density at radius 2 is 2.28 bits per heavy atom. The van der Waals surface area contributed by atoms with Gasteiger partial charge in [-0.2, -0.15) is 5.26 Å². The van der Waals surface area contributed by atoms with Crippen molar-refractivity contribution >= 4 is 10.8 Å². The smallest absolute Gasteiger partial charge is 0.136 e. The molecule has 0 aliphatic carbocycles. The highest BCUT2D eigenvalue weighted by Gasteiger charge is 2.09. The summed E-state index contributed by atoms with van der Waals surface area (Å²) in [5.41, 5.74) is 7.15. The second kappa shape index (κ2) is 7.14. The highest BCUT2D eigenvalue weighted by atomic mass is 32.2. The average molecular weight is 266 g/mol. The van der Waals surface area contributed by atoms with Crippen molar-refractivity contribution < 1.29 is 8.95 Å². The van der Waals surface area contributed by atoms with E-state index < -0.39 is 10.8 Å². The van der Waals surface area contributed by atoms with Gasteiger partial charge in [-0.05, 0) is 24.1 Å². The van der Waals surface area contributed by atoms with Crippen molar-refractivity contribution in [3.63, 3.8) is 0 Å². The summed E-state index contributed by atoms with van der Waals surface area (Å²) in [4.78, 5) is 0. The summed E-state index contributed by atoms with van der Waals surface area (Å²) in [5, 5.41) is 8.87.